The normalized spacial score (nSPS) is 21.4. The Morgan fingerprint density at radius 3 is 3.30 bits per heavy atom. The molecule has 0 N–H and O–H groups in total. The fraction of sp³-hybridized carbons (Fsp3) is 0.167. The summed E-state index contributed by atoms with van der Waals surface area (Å²) in [5, 5.41) is 7.06. The van der Waals surface area contributed by atoms with Crippen LogP contribution in [0.3, 0.4) is 0 Å². The van der Waals surface area contributed by atoms with Gasteiger partial charge in [0.2, 0.25) is 11.7 Å². The number of hydrogen-bond donors (Lipinski definition) is 0. The standard InChI is InChI=1S/C6H4N2O2/c9-5-3-7-8-6-4(5)1-2-10-6/h1,3H,2H2. The van der Waals surface area contributed by atoms with Crippen molar-refractivity contribution in [3.8, 4) is 0 Å². The Hall–Kier alpha value is -1.45. The number of carbonyl (C=O) groups excluding carboxylic acids is 1. The van der Waals surface area contributed by atoms with E-state index < -0.39 is 0 Å². The number of nitrogens with zero attached hydrogens (tertiary/aromatic N) is 2. The first-order valence-electron chi connectivity index (χ1n) is 2.86. The molecular formula is C6H4N2O2. The molecule has 10 heavy (non-hydrogen) atoms. The molecule has 0 atom stereocenters. The molecule has 2 aliphatic rings. The second-order valence-electron chi connectivity index (χ2n) is 1.94. The summed E-state index contributed by atoms with van der Waals surface area (Å²) in [6.45, 7) is 0.434. The fourth-order valence-electron chi connectivity index (χ4n) is 0.861. The highest BCUT2D eigenvalue weighted by molar-refractivity contribution is 6.44. The molecule has 0 saturated heterocycles. The van der Waals surface area contributed by atoms with Crippen molar-refractivity contribution in [2.45, 2.75) is 0 Å². The molecule has 0 aromatic heterocycles. The van der Waals surface area contributed by atoms with E-state index in [0.717, 1.165) is 0 Å². The molecule has 0 bridgehead atoms. The van der Waals surface area contributed by atoms with Crippen LogP contribution in [0.1, 0.15) is 0 Å². The van der Waals surface area contributed by atoms with Gasteiger partial charge in [-0.2, -0.15) is 5.10 Å². The molecule has 2 aliphatic heterocycles. The maximum atomic E-state index is 10.9. The molecule has 0 unspecified atom stereocenters. The summed E-state index contributed by atoms with van der Waals surface area (Å²) in [6, 6.07) is 0. The largest absolute Gasteiger partial charge is 0.472 e. The molecule has 50 valence electrons. The van der Waals surface area contributed by atoms with Crippen molar-refractivity contribution in [2.75, 3.05) is 6.61 Å². The highest BCUT2D eigenvalue weighted by atomic mass is 16.5. The number of ketones is 1. The van der Waals surface area contributed by atoms with E-state index in [9.17, 15) is 4.79 Å². The van der Waals surface area contributed by atoms with E-state index in [1.54, 1.807) is 6.08 Å². The second-order valence-corrected chi connectivity index (χ2v) is 1.94. The van der Waals surface area contributed by atoms with Crippen LogP contribution < -0.4 is 0 Å². The average Bonchev–Trinajstić information content (AvgIpc) is 2.36. The molecule has 0 amide bonds. The van der Waals surface area contributed by atoms with Gasteiger partial charge in [-0.05, 0) is 6.08 Å². The van der Waals surface area contributed by atoms with Crippen LogP contribution in [-0.4, -0.2) is 24.5 Å². The van der Waals surface area contributed by atoms with Crippen LogP contribution in [0, 0.1) is 0 Å². The minimum Gasteiger partial charge on any atom is -0.472 e. The average molecular weight is 136 g/mol. The van der Waals surface area contributed by atoms with Crippen molar-refractivity contribution in [1.29, 1.82) is 0 Å². The third-order valence-electron chi connectivity index (χ3n) is 1.33. The van der Waals surface area contributed by atoms with Crippen LogP contribution in [-0.2, 0) is 9.53 Å². The molecule has 4 heteroatoms. The van der Waals surface area contributed by atoms with Gasteiger partial charge in [-0.1, -0.05) is 0 Å². The van der Waals surface area contributed by atoms with Crippen LogP contribution in [0.25, 0.3) is 0 Å². The van der Waals surface area contributed by atoms with E-state index in [-0.39, 0.29) is 5.78 Å². The maximum absolute atomic E-state index is 10.9. The van der Waals surface area contributed by atoms with Crippen LogP contribution in [0.15, 0.2) is 21.9 Å². The molecule has 0 spiro atoms. The van der Waals surface area contributed by atoms with E-state index in [2.05, 4.69) is 10.2 Å². The van der Waals surface area contributed by atoms with E-state index in [1.807, 2.05) is 0 Å². The van der Waals surface area contributed by atoms with Gasteiger partial charge in [-0.15, -0.1) is 5.10 Å². The molecule has 2 rings (SSSR count). The van der Waals surface area contributed by atoms with Crippen molar-refractivity contribution < 1.29 is 9.53 Å². The predicted molar refractivity (Wildman–Crippen MR) is 35.0 cm³/mol. The van der Waals surface area contributed by atoms with E-state index in [1.165, 1.54) is 6.21 Å². The lowest BCUT2D eigenvalue weighted by Gasteiger charge is -2.00. The molecule has 4 nitrogen and oxygen atoms in total. The third kappa shape index (κ3) is 0.586. The monoisotopic (exact) mass is 136 g/mol. The summed E-state index contributed by atoms with van der Waals surface area (Å²) in [6.07, 6.45) is 2.89. The fourth-order valence-corrected chi connectivity index (χ4v) is 0.861. The van der Waals surface area contributed by atoms with Gasteiger partial charge < -0.3 is 4.74 Å². The minimum atomic E-state index is -0.123. The first-order chi connectivity index (χ1) is 4.88. The summed E-state index contributed by atoms with van der Waals surface area (Å²) >= 11 is 0. The summed E-state index contributed by atoms with van der Waals surface area (Å²) in [4.78, 5) is 10.9. The lowest BCUT2D eigenvalue weighted by Crippen LogP contribution is -2.14. The lowest BCUT2D eigenvalue weighted by atomic mass is 10.2. The van der Waals surface area contributed by atoms with Crippen molar-refractivity contribution in [3.05, 3.63) is 11.6 Å². The Labute approximate surface area is 56.9 Å². The molecule has 0 saturated carbocycles. The molecule has 0 fully saturated rings. The van der Waals surface area contributed by atoms with Gasteiger partial charge in [0.15, 0.2) is 0 Å². The van der Waals surface area contributed by atoms with Gasteiger partial charge in [0.25, 0.3) is 0 Å². The van der Waals surface area contributed by atoms with Gasteiger partial charge in [0, 0.05) is 0 Å². The SMILES string of the molecule is O=C1C=NN=C2OCC=C12. The van der Waals surface area contributed by atoms with Gasteiger partial charge in [0.1, 0.15) is 6.61 Å². The molecule has 0 aliphatic carbocycles. The summed E-state index contributed by atoms with van der Waals surface area (Å²) in [7, 11) is 0. The van der Waals surface area contributed by atoms with Crippen LogP contribution in [0.5, 0.6) is 0 Å². The van der Waals surface area contributed by atoms with Gasteiger partial charge in [0.05, 0.1) is 11.8 Å². The quantitative estimate of drug-likeness (QED) is 0.467. The van der Waals surface area contributed by atoms with Gasteiger partial charge >= 0.3 is 0 Å². The topological polar surface area (TPSA) is 51.0 Å². The first-order valence-corrected chi connectivity index (χ1v) is 2.86. The zero-order valence-corrected chi connectivity index (χ0v) is 5.07. The first kappa shape index (κ1) is 5.34. The molecular weight excluding hydrogens is 132 g/mol. The number of carbonyl (C=O) groups is 1. The predicted octanol–water partition coefficient (Wildman–Crippen LogP) is -0.0900. The maximum Gasteiger partial charge on any atom is 0.244 e. The highest BCUT2D eigenvalue weighted by Crippen LogP contribution is 2.11. The Morgan fingerprint density at radius 2 is 2.50 bits per heavy atom. The third-order valence-corrected chi connectivity index (χ3v) is 1.33. The number of hydrogen-bond acceptors (Lipinski definition) is 4. The van der Waals surface area contributed by atoms with Crippen molar-refractivity contribution in [3.63, 3.8) is 0 Å². The molecule has 0 aromatic carbocycles. The summed E-state index contributed by atoms with van der Waals surface area (Å²) in [5.74, 6) is 0.231. The summed E-state index contributed by atoms with van der Waals surface area (Å²) in [5.41, 5.74) is 0.537. The molecule has 0 radical (unpaired) electrons. The summed E-state index contributed by atoms with van der Waals surface area (Å²) < 4.78 is 4.95. The van der Waals surface area contributed by atoms with Crippen molar-refractivity contribution >= 4 is 17.9 Å². The zero-order chi connectivity index (χ0) is 6.97. The Balaban J connectivity index is 2.48. The second kappa shape index (κ2) is 1.76. The Bertz CT molecular complexity index is 275. The van der Waals surface area contributed by atoms with Crippen molar-refractivity contribution in [2.24, 2.45) is 10.2 Å². The zero-order valence-electron chi connectivity index (χ0n) is 5.07. The number of rotatable bonds is 0. The van der Waals surface area contributed by atoms with Crippen LogP contribution >= 0.6 is 0 Å². The van der Waals surface area contributed by atoms with Gasteiger partial charge in [-0.3, -0.25) is 4.79 Å². The van der Waals surface area contributed by atoms with Crippen LogP contribution in [0.4, 0.5) is 0 Å². The minimum absolute atomic E-state index is 0.123. The number of ether oxygens (including phenoxy) is 1. The van der Waals surface area contributed by atoms with Crippen molar-refractivity contribution in [1.82, 2.24) is 0 Å². The highest BCUT2D eigenvalue weighted by Gasteiger charge is 2.23. The number of Topliss-reactive ketones (excluding diaryl/α,β-unsaturated/α-hetero) is 1. The van der Waals surface area contributed by atoms with E-state index in [4.69, 9.17) is 4.74 Å². The molecule has 0 aromatic rings. The number of fused-ring (bicyclic) bond motifs is 1. The van der Waals surface area contributed by atoms with E-state index in [0.29, 0.717) is 18.1 Å². The van der Waals surface area contributed by atoms with Gasteiger partial charge in [-0.25, -0.2) is 0 Å². The Kier molecular flexibility index (Phi) is 0.943. The van der Waals surface area contributed by atoms with Crippen LogP contribution in [0.2, 0.25) is 0 Å². The smallest absolute Gasteiger partial charge is 0.244 e. The Morgan fingerprint density at radius 1 is 1.60 bits per heavy atom. The lowest BCUT2D eigenvalue weighted by molar-refractivity contribution is -0.109. The molecule has 2 heterocycles. The van der Waals surface area contributed by atoms with E-state index >= 15 is 0 Å².